The van der Waals surface area contributed by atoms with Crippen LogP contribution in [0.2, 0.25) is 0 Å². The Kier molecular flexibility index (Phi) is 5.59. The molecule has 4 nitrogen and oxygen atoms in total. The van der Waals surface area contributed by atoms with Crippen LogP contribution in [-0.2, 0) is 4.79 Å². The molecule has 0 saturated heterocycles. The highest BCUT2D eigenvalue weighted by Crippen LogP contribution is 2.32. The van der Waals surface area contributed by atoms with Gasteiger partial charge in [0.15, 0.2) is 5.11 Å². The van der Waals surface area contributed by atoms with E-state index in [0.717, 1.165) is 16.7 Å². The van der Waals surface area contributed by atoms with Gasteiger partial charge in [0.1, 0.15) is 5.82 Å². The first kappa shape index (κ1) is 19.8. The topological polar surface area (TPSA) is 53.2 Å². The summed E-state index contributed by atoms with van der Waals surface area (Å²) in [4.78, 5) is 13.4. The fraction of sp³-hybridized carbons (Fsp3) is 0.0833. The minimum atomic E-state index is -0.528. The highest BCUT2D eigenvalue weighted by molar-refractivity contribution is 7.80. The lowest BCUT2D eigenvalue weighted by molar-refractivity contribution is -0.113. The average molecular weight is 418 g/mol. The van der Waals surface area contributed by atoms with Gasteiger partial charge in [-0.2, -0.15) is 0 Å². The van der Waals surface area contributed by atoms with Gasteiger partial charge in [0.2, 0.25) is 0 Å². The Morgan fingerprint density at radius 3 is 2.30 bits per heavy atom. The summed E-state index contributed by atoms with van der Waals surface area (Å²) >= 11 is 5.41. The van der Waals surface area contributed by atoms with Gasteiger partial charge in [-0.05, 0) is 54.5 Å². The summed E-state index contributed by atoms with van der Waals surface area (Å²) in [5, 5.41) is 9.66. The van der Waals surface area contributed by atoms with Crippen LogP contribution in [0.3, 0.4) is 0 Å². The van der Waals surface area contributed by atoms with E-state index in [1.807, 2.05) is 61.5 Å². The first-order valence-electron chi connectivity index (χ1n) is 9.52. The van der Waals surface area contributed by atoms with Crippen LogP contribution in [0.25, 0.3) is 5.70 Å². The number of nitrogens with one attached hydrogen (secondary N) is 3. The molecule has 1 aliphatic heterocycles. The summed E-state index contributed by atoms with van der Waals surface area (Å²) < 4.78 is 13.5. The zero-order valence-corrected chi connectivity index (χ0v) is 17.1. The zero-order valence-electron chi connectivity index (χ0n) is 16.3. The molecule has 1 amide bonds. The second kappa shape index (κ2) is 8.47. The van der Waals surface area contributed by atoms with E-state index in [9.17, 15) is 9.18 Å². The molecular weight excluding hydrogens is 397 g/mol. The highest BCUT2D eigenvalue weighted by Gasteiger charge is 2.32. The predicted octanol–water partition coefficient (Wildman–Crippen LogP) is 4.70. The van der Waals surface area contributed by atoms with Crippen LogP contribution in [0.5, 0.6) is 0 Å². The summed E-state index contributed by atoms with van der Waals surface area (Å²) in [6.45, 7) is 1.99. The van der Waals surface area contributed by atoms with E-state index in [2.05, 4.69) is 16.0 Å². The van der Waals surface area contributed by atoms with E-state index in [-0.39, 0.29) is 11.7 Å². The van der Waals surface area contributed by atoms with Crippen molar-refractivity contribution in [1.82, 2.24) is 10.6 Å². The Hall–Kier alpha value is -3.51. The number of anilines is 1. The zero-order chi connectivity index (χ0) is 21.1. The number of hydrogen-bond donors (Lipinski definition) is 3. The van der Waals surface area contributed by atoms with E-state index >= 15 is 0 Å². The quantitative estimate of drug-likeness (QED) is 0.539. The number of amides is 1. The van der Waals surface area contributed by atoms with Crippen molar-refractivity contribution in [3.05, 3.63) is 107 Å². The lowest BCUT2D eigenvalue weighted by Gasteiger charge is -2.31. The maximum absolute atomic E-state index is 13.5. The molecule has 3 aromatic carbocycles. The summed E-state index contributed by atoms with van der Waals surface area (Å²) in [5.74, 6) is -0.609. The van der Waals surface area contributed by atoms with Crippen LogP contribution in [-0.4, -0.2) is 11.0 Å². The SMILES string of the molecule is Cc1ccc(NC(=O)C2=C(c3ccccc3)NC(=S)N[C@@H]2c2ccc(F)cc2)cc1. The number of carbonyl (C=O) groups excluding carboxylic acids is 1. The number of hydrogen-bond acceptors (Lipinski definition) is 2. The predicted molar refractivity (Wildman–Crippen MR) is 121 cm³/mol. The molecule has 6 heteroatoms. The van der Waals surface area contributed by atoms with Gasteiger partial charge in [0.05, 0.1) is 17.3 Å². The molecule has 3 N–H and O–H groups in total. The van der Waals surface area contributed by atoms with Gasteiger partial charge in [0.25, 0.3) is 5.91 Å². The van der Waals surface area contributed by atoms with Crippen molar-refractivity contribution in [1.29, 1.82) is 0 Å². The normalized spacial score (nSPS) is 15.9. The molecule has 0 fully saturated rings. The van der Waals surface area contributed by atoms with Gasteiger partial charge in [0, 0.05) is 5.69 Å². The molecule has 1 heterocycles. The van der Waals surface area contributed by atoms with E-state index < -0.39 is 6.04 Å². The van der Waals surface area contributed by atoms with Crippen molar-refractivity contribution in [2.75, 3.05) is 5.32 Å². The average Bonchev–Trinajstić information content (AvgIpc) is 2.76. The Bertz CT molecular complexity index is 1110. The maximum atomic E-state index is 13.5. The van der Waals surface area contributed by atoms with Gasteiger partial charge in [-0.3, -0.25) is 4.79 Å². The third-order valence-electron chi connectivity index (χ3n) is 4.89. The van der Waals surface area contributed by atoms with Crippen molar-refractivity contribution in [3.8, 4) is 0 Å². The van der Waals surface area contributed by atoms with Gasteiger partial charge >= 0.3 is 0 Å². The monoisotopic (exact) mass is 417 g/mol. The van der Waals surface area contributed by atoms with Crippen LogP contribution in [0.4, 0.5) is 10.1 Å². The van der Waals surface area contributed by atoms with Crippen molar-refractivity contribution in [2.45, 2.75) is 13.0 Å². The molecule has 4 rings (SSSR count). The number of thiocarbonyl (C=S) groups is 1. The molecule has 0 spiro atoms. The molecule has 0 saturated carbocycles. The lowest BCUT2D eigenvalue weighted by atomic mass is 9.92. The number of benzene rings is 3. The van der Waals surface area contributed by atoms with Crippen LogP contribution in [0.1, 0.15) is 22.7 Å². The van der Waals surface area contributed by atoms with E-state index in [1.165, 1.54) is 12.1 Å². The van der Waals surface area contributed by atoms with E-state index in [0.29, 0.717) is 22.1 Å². The Balaban J connectivity index is 1.81. The largest absolute Gasteiger partial charge is 0.351 e. The molecule has 0 radical (unpaired) electrons. The number of aryl methyl sites for hydroxylation is 1. The van der Waals surface area contributed by atoms with E-state index in [4.69, 9.17) is 12.2 Å². The fourth-order valence-corrected chi connectivity index (χ4v) is 3.60. The first-order chi connectivity index (χ1) is 14.5. The third kappa shape index (κ3) is 4.23. The maximum Gasteiger partial charge on any atom is 0.256 e. The summed E-state index contributed by atoms with van der Waals surface area (Å²) in [7, 11) is 0. The molecule has 0 aliphatic carbocycles. The molecule has 150 valence electrons. The van der Waals surface area contributed by atoms with Crippen LogP contribution < -0.4 is 16.0 Å². The molecule has 0 bridgehead atoms. The Morgan fingerprint density at radius 2 is 1.63 bits per heavy atom. The molecule has 1 atom stereocenters. The van der Waals surface area contributed by atoms with Crippen LogP contribution >= 0.6 is 12.2 Å². The van der Waals surface area contributed by atoms with Crippen molar-refractivity contribution in [2.24, 2.45) is 0 Å². The van der Waals surface area contributed by atoms with Crippen molar-refractivity contribution < 1.29 is 9.18 Å². The standard InChI is InChI=1S/C24H20FN3OS/c1-15-7-13-19(14-8-15)26-23(29)20-21(16-5-3-2-4-6-16)27-24(30)28-22(20)17-9-11-18(25)12-10-17/h2-14,22H,1H3,(H,26,29)(H2,27,28,30)/t22-/m1/s1. The molecule has 30 heavy (non-hydrogen) atoms. The summed E-state index contributed by atoms with van der Waals surface area (Å²) in [6.07, 6.45) is 0. The Morgan fingerprint density at radius 1 is 0.967 bits per heavy atom. The third-order valence-corrected chi connectivity index (χ3v) is 5.11. The molecule has 1 aliphatic rings. The molecule has 0 aromatic heterocycles. The number of carbonyl (C=O) groups is 1. The number of rotatable bonds is 4. The molecule has 3 aromatic rings. The Labute approximate surface area is 179 Å². The highest BCUT2D eigenvalue weighted by atomic mass is 32.1. The van der Waals surface area contributed by atoms with Crippen molar-refractivity contribution >= 4 is 34.6 Å². The van der Waals surface area contributed by atoms with Crippen LogP contribution in [0, 0.1) is 12.7 Å². The fourth-order valence-electron chi connectivity index (χ4n) is 3.38. The van der Waals surface area contributed by atoms with Gasteiger partial charge in [-0.15, -0.1) is 0 Å². The minimum absolute atomic E-state index is 0.269. The number of halogens is 1. The lowest BCUT2D eigenvalue weighted by Crippen LogP contribution is -2.45. The molecule has 0 unspecified atom stereocenters. The van der Waals surface area contributed by atoms with Gasteiger partial charge in [-0.1, -0.05) is 60.2 Å². The minimum Gasteiger partial charge on any atom is -0.351 e. The second-order valence-corrected chi connectivity index (χ2v) is 7.47. The summed E-state index contributed by atoms with van der Waals surface area (Å²) in [6, 6.07) is 22.7. The van der Waals surface area contributed by atoms with E-state index in [1.54, 1.807) is 12.1 Å². The first-order valence-corrected chi connectivity index (χ1v) is 9.92. The summed E-state index contributed by atoms with van der Waals surface area (Å²) in [5.41, 5.74) is 4.47. The van der Waals surface area contributed by atoms with Crippen molar-refractivity contribution in [3.63, 3.8) is 0 Å². The van der Waals surface area contributed by atoms with Crippen LogP contribution in [0.15, 0.2) is 84.4 Å². The van der Waals surface area contributed by atoms with Gasteiger partial charge in [-0.25, -0.2) is 4.39 Å². The molecular formula is C24H20FN3OS. The smallest absolute Gasteiger partial charge is 0.256 e. The second-order valence-electron chi connectivity index (χ2n) is 7.06. The van der Waals surface area contributed by atoms with Gasteiger partial charge < -0.3 is 16.0 Å².